The van der Waals surface area contributed by atoms with E-state index in [4.69, 9.17) is 0 Å². The van der Waals surface area contributed by atoms with E-state index >= 15 is 0 Å². The van der Waals surface area contributed by atoms with Crippen LogP contribution in [-0.4, -0.2) is 14.1 Å². The maximum atomic E-state index is 4.57. The van der Waals surface area contributed by atoms with E-state index in [0.29, 0.717) is 5.92 Å². The summed E-state index contributed by atoms with van der Waals surface area (Å²) < 4.78 is 0. The molecule has 1 aromatic carbocycles. The summed E-state index contributed by atoms with van der Waals surface area (Å²) in [5.74, 6) is 0.500. The van der Waals surface area contributed by atoms with Crippen LogP contribution < -0.4 is 4.90 Å². The third-order valence-corrected chi connectivity index (χ3v) is 4.84. The predicted octanol–water partition coefficient (Wildman–Crippen LogP) is 7.01. The van der Waals surface area contributed by atoms with Crippen LogP contribution in [0.2, 0.25) is 0 Å². The highest BCUT2D eigenvalue weighted by molar-refractivity contribution is 5.85. The molecule has 0 fully saturated rings. The van der Waals surface area contributed by atoms with Crippen LogP contribution in [0.4, 0.5) is 17.1 Å². The summed E-state index contributed by atoms with van der Waals surface area (Å²) in [6.45, 7) is 8.76. The number of hydrogen-bond donors (Lipinski definition) is 0. The maximum absolute atomic E-state index is 4.57. The molecule has 0 saturated heterocycles. The highest BCUT2D eigenvalue weighted by Gasteiger charge is 2.16. The van der Waals surface area contributed by atoms with E-state index in [1.54, 1.807) is 0 Å². The van der Waals surface area contributed by atoms with Gasteiger partial charge in [0.2, 0.25) is 0 Å². The topological polar surface area (TPSA) is 28.0 Å². The maximum Gasteiger partial charge on any atom is 0.0940 e. The largest absolute Gasteiger partial charge is 0.378 e. The Balaban J connectivity index is 1.99. The summed E-state index contributed by atoms with van der Waals surface area (Å²) in [6.07, 6.45) is 0. The van der Waals surface area contributed by atoms with Crippen LogP contribution >= 0.6 is 0 Å². The van der Waals surface area contributed by atoms with Gasteiger partial charge in [-0.25, -0.2) is 0 Å². The normalized spacial score (nSPS) is 11.7. The Morgan fingerprint density at radius 1 is 0.808 bits per heavy atom. The summed E-state index contributed by atoms with van der Waals surface area (Å²) in [6, 6.07) is 17.0. The fourth-order valence-corrected chi connectivity index (χ4v) is 3.18. The molecule has 0 unspecified atom stereocenters. The lowest BCUT2D eigenvalue weighted by Gasteiger charge is -2.11. The molecule has 3 heteroatoms. The fourth-order valence-electron chi connectivity index (χ4n) is 3.18. The molecule has 134 valence electrons. The Kier molecular flexibility index (Phi) is 5.08. The van der Waals surface area contributed by atoms with Gasteiger partial charge in [0, 0.05) is 25.3 Å². The minimum absolute atomic E-state index is 0.500. The molecule has 3 rings (SSSR count). The zero-order valence-electron chi connectivity index (χ0n) is 16.5. The number of nitrogens with zero attached hydrogens (tertiary/aromatic N) is 3. The van der Waals surface area contributed by atoms with Crippen molar-refractivity contribution in [2.24, 2.45) is 10.2 Å². The number of hydrogen-bond acceptors (Lipinski definition) is 3. The van der Waals surface area contributed by atoms with Crippen molar-refractivity contribution >= 4 is 17.1 Å². The minimum Gasteiger partial charge on any atom is -0.378 e. The summed E-state index contributed by atoms with van der Waals surface area (Å²) in [7, 11) is 4.06. The molecule has 0 atom stereocenters. The fraction of sp³-hybridized carbons (Fsp3) is 0.304. The molecule has 26 heavy (non-hydrogen) atoms. The Bertz CT molecular complexity index is 906. The van der Waals surface area contributed by atoms with Gasteiger partial charge in [-0.05, 0) is 72.4 Å². The van der Waals surface area contributed by atoms with Crippen molar-refractivity contribution in [3.8, 4) is 11.1 Å². The van der Waals surface area contributed by atoms with Crippen molar-refractivity contribution in [3.05, 3.63) is 65.2 Å². The molecular weight excluding hydrogens is 318 g/mol. The summed E-state index contributed by atoms with van der Waals surface area (Å²) in [5.41, 5.74) is 9.26. The van der Waals surface area contributed by atoms with Gasteiger partial charge in [-0.2, -0.15) is 5.11 Å². The van der Waals surface area contributed by atoms with Crippen molar-refractivity contribution < 1.29 is 0 Å². The van der Waals surface area contributed by atoms with Crippen LogP contribution in [0.15, 0.2) is 58.8 Å². The van der Waals surface area contributed by atoms with Crippen molar-refractivity contribution in [2.75, 3.05) is 19.0 Å². The third kappa shape index (κ3) is 3.62. The Labute approximate surface area is 156 Å². The average molecular weight is 345 g/mol. The van der Waals surface area contributed by atoms with Crippen LogP contribution in [0.25, 0.3) is 11.1 Å². The van der Waals surface area contributed by atoms with Crippen molar-refractivity contribution in [3.63, 3.8) is 0 Å². The second kappa shape index (κ2) is 7.28. The van der Waals surface area contributed by atoms with E-state index < -0.39 is 0 Å². The van der Waals surface area contributed by atoms with Gasteiger partial charge in [-0.15, -0.1) is 5.11 Å². The Morgan fingerprint density at radius 2 is 1.50 bits per heavy atom. The van der Waals surface area contributed by atoms with E-state index in [-0.39, 0.29) is 0 Å². The molecule has 0 heterocycles. The molecular formula is C23H27N3. The SMILES string of the molecule is Cc1cc(N=Nc2ccc(N(C)C)cc2)c2c(C)ccc(C(C)C)cc1-2. The van der Waals surface area contributed by atoms with Gasteiger partial charge in [0.25, 0.3) is 0 Å². The van der Waals surface area contributed by atoms with Gasteiger partial charge < -0.3 is 4.90 Å². The third-order valence-electron chi connectivity index (χ3n) is 4.84. The molecule has 0 radical (unpaired) electrons. The van der Waals surface area contributed by atoms with Crippen LogP contribution in [0.5, 0.6) is 0 Å². The van der Waals surface area contributed by atoms with Crippen LogP contribution in [-0.2, 0) is 0 Å². The Morgan fingerprint density at radius 3 is 2.12 bits per heavy atom. The average Bonchev–Trinajstić information content (AvgIpc) is 2.79. The van der Waals surface area contributed by atoms with Crippen molar-refractivity contribution in [1.82, 2.24) is 0 Å². The number of benzene rings is 1. The quantitative estimate of drug-likeness (QED) is 0.467. The zero-order valence-corrected chi connectivity index (χ0v) is 16.5. The number of fused-ring (bicyclic) bond motifs is 1. The second-order valence-corrected chi connectivity index (χ2v) is 7.43. The second-order valence-electron chi connectivity index (χ2n) is 7.43. The zero-order chi connectivity index (χ0) is 18.8. The molecule has 3 nitrogen and oxygen atoms in total. The molecule has 0 N–H and O–H groups in total. The summed E-state index contributed by atoms with van der Waals surface area (Å²) in [5, 5.41) is 9.04. The summed E-state index contributed by atoms with van der Waals surface area (Å²) in [4.78, 5) is 2.07. The standard InChI is InChI=1S/C23H27N3/c1-15(2)18-8-7-16(3)23-21(14-18)17(4)13-22(23)25-24-19-9-11-20(12-10-19)26(5)6/h7-15H,1-6H3. The van der Waals surface area contributed by atoms with Crippen LogP contribution in [0.3, 0.4) is 0 Å². The minimum atomic E-state index is 0.500. The molecule has 2 aliphatic rings. The smallest absolute Gasteiger partial charge is 0.0940 e. The first-order chi connectivity index (χ1) is 12.4. The highest BCUT2D eigenvalue weighted by atomic mass is 15.1. The number of anilines is 1. The molecule has 0 aromatic heterocycles. The lowest BCUT2D eigenvalue weighted by atomic mass is 10.0. The van der Waals surface area contributed by atoms with E-state index in [1.807, 2.05) is 26.2 Å². The first-order valence-corrected chi connectivity index (χ1v) is 9.10. The van der Waals surface area contributed by atoms with Gasteiger partial charge in [-0.1, -0.05) is 32.0 Å². The van der Waals surface area contributed by atoms with Gasteiger partial charge in [0.15, 0.2) is 0 Å². The molecule has 2 aliphatic carbocycles. The van der Waals surface area contributed by atoms with E-state index in [1.165, 1.54) is 27.8 Å². The first-order valence-electron chi connectivity index (χ1n) is 9.10. The number of azo groups is 1. The van der Waals surface area contributed by atoms with E-state index in [2.05, 4.69) is 79.2 Å². The molecule has 0 saturated carbocycles. The summed E-state index contributed by atoms with van der Waals surface area (Å²) >= 11 is 0. The highest BCUT2D eigenvalue weighted by Crippen LogP contribution is 2.41. The Hall–Kier alpha value is -2.68. The molecule has 0 bridgehead atoms. The van der Waals surface area contributed by atoms with Crippen LogP contribution in [0, 0.1) is 13.8 Å². The molecule has 0 aliphatic heterocycles. The van der Waals surface area contributed by atoms with Gasteiger partial charge >= 0.3 is 0 Å². The predicted molar refractivity (Wildman–Crippen MR) is 112 cm³/mol. The lowest BCUT2D eigenvalue weighted by molar-refractivity contribution is 0.868. The monoisotopic (exact) mass is 345 g/mol. The van der Waals surface area contributed by atoms with Gasteiger partial charge in [0.05, 0.1) is 11.4 Å². The molecule has 0 spiro atoms. The number of aryl methyl sites for hydroxylation is 2. The molecule has 0 amide bonds. The van der Waals surface area contributed by atoms with E-state index in [0.717, 1.165) is 17.1 Å². The van der Waals surface area contributed by atoms with Gasteiger partial charge in [0.1, 0.15) is 0 Å². The van der Waals surface area contributed by atoms with Crippen molar-refractivity contribution in [2.45, 2.75) is 33.6 Å². The lowest BCUT2D eigenvalue weighted by Crippen LogP contribution is -2.07. The van der Waals surface area contributed by atoms with E-state index in [9.17, 15) is 0 Å². The van der Waals surface area contributed by atoms with Crippen molar-refractivity contribution in [1.29, 1.82) is 0 Å². The number of rotatable bonds is 4. The first kappa shape index (κ1) is 18.1. The molecule has 1 aromatic rings. The van der Waals surface area contributed by atoms with Gasteiger partial charge in [-0.3, -0.25) is 0 Å². The van der Waals surface area contributed by atoms with Crippen LogP contribution in [0.1, 0.15) is 36.5 Å².